The Labute approximate surface area is 124 Å². The third-order valence-electron chi connectivity index (χ3n) is 2.92. The molecule has 3 heteroatoms. The molecule has 0 aliphatic heterocycles. The summed E-state index contributed by atoms with van der Waals surface area (Å²) in [5.74, 6) is -0.473. The van der Waals surface area contributed by atoms with Crippen LogP contribution < -0.4 is 0 Å². The van der Waals surface area contributed by atoms with Crippen LogP contribution in [0.5, 0.6) is 0 Å². The van der Waals surface area contributed by atoms with Crippen molar-refractivity contribution >= 4 is 11.5 Å². The Kier molecular flexibility index (Phi) is 5.73. The summed E-state index contributed by atoms with van der Waals surface area (Å²) in [6.45, 7) is 2.21. The van der Waals surface area contributed by atoms with Crippen LogP contribution in [0.3, 0.4) is 0 Å². The molecule has 0 aliphatic carbocycles. The molecule has 0 aromatic heterocycles. The van der Waals surface area contributed by atoms with Crippen LogP contribution >= 0.6 is 0 Å². The number of rotatable bonds is 6. The summed E-state index contributed by atoms with van der Waals surface area (Å²) in [6.07, 6.45) is 2.58. The average Bonchev–Trinajstić information content (AvgIpc) is 2.54. The molecule has 0 amide bonds. The normalized spacial score (nSPS) is 11.2. The summed E-state index contributed by atoms with van der Waals surface area (Å²) in [5.41, 5.74) is 2.30. The van der Waals surface area contributed by atoms with Gasteiger partial charge in [0.25, 0.3) is 0 Å². The van der Waals surface area contributed by atoms with E-state index in [1.807, 2.05) is 73.7 Å². The van der Waals surface area contributed by atoms with Crippen LogP contribution in [0, 0.1) is 0 Å². The topological polar surface area (TPSA) is 35.5 Å². The highest BCUT2D eigenvalue weighted by Crippen LogP contribution is 2.17. The van der Waals surface area contributed by atoms with Gasteiger partial charge >= 0.3 is 5.97 Å². The fourth-order valence-corrected chi connectivity index (χ4v) is 1.91. The number of allylic oxidation sites excluding steroid dienone is 1. The quantitative estimate of drug-likeness (QED) is 0.453. The molecule has 0 radical (unpaired) electrons. The second-order valence-electron chi connectivity index (χ2n) is 4.51. The van der Waals surface area contributed by atoms with E-state index < -0.39 is 5.97 Å². The van der Waals surface area contributed by atoms with Crippen LogP contribution in [0.4, 0.5) is 0 Å². The Bertz CT molecular complexity index is 588. The zero-order valence-corrected chi connectivity index (χ0v) is 12.0. The summed E-state index contributed by atoms with van der Waals surface area (Å²) in [6, 6.07) is 19.0. The van der Waals surface area contributed by atoms with Gasteiger partial charge in [0.2, 0.25) is 0 Å². The molecule has 3 nitrogen and oxygen atoms in total. The number of benzene rings is 2. The molecule has 0 aliphatic rings. The molecule has 0 spiro atoms. The van der Waals surface area contributed by atoms with Gasteiger partial charge in [-0.1, -0.05) is 73.7 Å². The molecule has 0 heterocycles. The van der Waals surface area contributed by atoms with E-state index >= 15 is 0 Å². The lowest BCUT2D eigenvalue weighted by Gasteiger charge is -2.07. The maximum Gasteiger partial charge on any atom is 0.373 e. The average molecular weight is 282 g/mol. The van der Waals surface area contributed by atoms with Crippen LogP contribution in [-0.2, 0) is 21.2 Å². The van der Waals surface area contributed by atoms with Crippen molar-refractivity contribution in [2.45, 2.75) is 20.0 Å². The van der Waals surface area contributed by atoms with E-state index in [1.165, 1.54) is 0 Å². The van der Waals surface area contributed by atoms with E-state index in [4.69, 9.17) is 9.78 Å². The fraction of sp³-hybridized carbons (Fsp3) is 0.167. The van der Waals surface area contributed by atoms with Gasteiger partial charge < -0.3 is 0 Å². The largest absolute Gasteiger partial charge is 0.373 e. The van der Waals surface area contributed by atoms with Crippen molar-refractivity contribution in [3.63, 3.8) is 0 Å². The lowest BCUT2D eigenvalue weighted by atomic mass is 10.1. The molecule has 0 saturated carbocycles. The molecule has 0 N–H and O–H groups in total. The van der Waals surface area contributed by atoms with Crippen LogP contribution in [-0.4, -0.2) is 5.97 Å². The van der Waals surface area contributed by atoms with E-state index in [2.05, 4.69) is 0 Å². The molecule has 0 bridgehead atoms. The highest BCUT2D eigenvalue weighted by Gasteiger charge is 2.14. The van der Waals surface area contributed by atoms with Gasteiger partial charge in [-0.2, -0.15) is 4.89 Å². The van der Waals surface area contributed by atoms with Crippen LogP contribution in [0.15, 0.2) is 66.7 Å². The molecule has 2 rings (SSSR count). The van der Waals surface area contributed by atoms with E-state index in [0.29, 0.717) is 5.57 Å². The molecule has 0 fully saturated rings. The Balaban J connectivity index is 1.96. The number of hydrogen-bond acceptors (Lipinski definition) is 3. The first-order chi connectivity index (χ1) is 10.3. The highest BCUT2D eigenvalue weighted by molar-refractivity contribution is 6.16. The van der Waals surface area contributed by atoms with Crippen molar-refractivity contribution in [3.8, 4) is 0 Å². The first kappa shape index (κ1) is 15.0. The maximum atomic E-state index is 12.1. The SMILES string of the molecule is CCC=C(C(=O)OOCc1ccccc1)c1ccccc1. The van der Waals surface area contributed by atoms with E-state index in [9.17, 15) is 4.79 Å². The Morgan fingerprint density at radius 2 is 1.62 bits per heavy atom. The zero-order chi connectivity index (χ0) is 14.9. The zero-order valence-electron chi connectivity index (χ0n) is 12.0. The third kappa shape index (κ3) is 4.58. The van der Waals surface area contributed by atoms with Gasteiger partial charge in [-0.15, -0.1) is 0 Å². The van der Waals surface area contributed by atoms with E-state index in [0.717, 1.165) is 17.5 Å². The number of carbonyl (C=O) groups is 1. The minimum atomic E-state index is -0.473. The summed E-state index contributed by atoms with van der Waals surface area (Å²) in [7, 11) is 0. The van der Waals surface area contributed by atoms with Gasteiger partial charge in [0, 0.05) is 0 Å². The van der Waals surface area contributed by atoms with Crippen molar-refractivity contribution in [2.75, 3.05) is 0 Å². The number of carbonyl (C=O) groups excluding carboxylic acids is 1. The smallest absolute Gasteiger partial charge is 0.292 e. The fourth-order valence-electron chi connectivity index (χ4n) is 1.91. The molecule has 108 valence electrons. The molecule has 0 saturated heterocycles. The Hall–Kier alpha value is -2.39. The van der Waals surface area contributed by atoms with Crippen molar-refractivity contribution in [3.05, 3.63) is 77.9 Å². The highest BCUT2D eigenvalue weighted by atomic mass is 17.2. The van der Waals surface area contributed by atoms with Crippen molar-refractivity contribution in [2.24, 2.45) is 0 Å². The van der Waals surface area contributed by atoms with Gasteiger partial charge in [-0.05, 0) is 17.5 Å². The molecule has 2 aromatic carbocycles. The second kappa shape index (κ2) is 8.02. The standard InChI is InChI=1S/C18H18O3/c1-2-9-17(16-12-7-4-8-13-16)18(19)21-20-14-15-10-5-3-6-11-15/h3-13H,2,14H2,1H3. The van der Waals surface area contributed by atoms with Crippen LogP contribution in [0.2, 0.25) is 0 Å². The lowest BCUT2D eigenvalue weighted by Crippen LogP contribution is -2.08. The first-order valence-corrected chi connectivity index (χ1v) is 6.94. The summed E-state index contributed by atoms with van der Waals surface area (Å²) in [4.78, 5) is 22.1. The minimum absolute atomic E-state index is 0.237. The van der Waals surface area contributed by atoms with Crippen molar-refractivity contribution in [1.29, 1.82) is 0 Å². The Morgan fingerprint density at radius 1 is 1.00 bits per heavy atom. The first-order valence-electron chi connectivity index (χ1n) is 6.94. The Morgan fingerprint density at radius 3 is 2.24 bits per heavy atom. The van der Waals surface area contributed by atoms with Gasteiger partial charge in [-0.25, -0.2) is 4.79 Å². The summed E-state index contributed by atoms with van der Waals surface area (Å²) >= 11 is 0. The predicted molar refractivity (Wildman–Crippen MR) is 82.0 cm³/mol. The third-order valence-corrected chi connectivity index (χ3v) is 2.92. The molecule has 0 unspecified atom stereocenters. The molecule has 0 atom stereocenters. The van der Waals surface area contributed by atoms with Crippen LogP contribution in [0.1, 0.15) is 24.5 Å². The summed E-state index contributed by atoms with van der Waals surface area (Å²) in [5, 5.41) is 0. The lowest BCUT2D eigenvalue weighted by molar-refractivity contribution is -0.274. The second-order valence-corrected chi connectivity index (χ2v) is 4.51. The maximum absolute atomic E-state index is 12.1. The predicted octanol–water partition coefficient (Wildman–Crippen LogP) is 4.16. The van der Waals surface area contributed by atoms with Gasteiger partial charge in [-0.3, -0.25) is 4.89 Å². The van der Waals surface area contributed by atoms with E-state index in [1.54, 1.807) is 0 Å². The monoisotopic (exact) mass is 282 g/mol. The molecular formula is C18H18O3. The molecule has 21 heavy (non-hydrogen) atoms. The van der Waals surface area contributed by atoms with Crippen molar-refractivity contribution in [1.82, 2.24) is 0 Å². The van der Waals surface area contributed by atoms with Gasteiger partial charge in [0.1, 0.15) is 6.61 Å². The van der Waals surface area contributed by atoms with Gasteiger partial charge in [0.15, 0.2) is 0 Å². The van der Waals surface area contributed by atoms with E-state index in [-0.39, 0.29) is 6.61 Å². The van der Waals surface area contributed by atoms with Crippen molar-refractivity contribution < 1.29 is 14.6 Å². The molecule has 2 aromatic rings. The molecular weight excluding hydrogens is 264 g/mol. The summed E-state index contributed by atoms with van der Waals surface area (Å²) < 4.78 is 0. The van der Waals surface area contributed by atoms with Gasteiger partial charge in [0.05, 0.1) is 5.57 Å². The van der Waals surface area contributed by atoms with Crippen LogP contribution in [0.25, 0.3) is 5.57 Å². The number of hydrogen-bond donors (Lipinski definition) is 0. The minimum Gasteiger partial charge on any atom is -0.292 e.